The molecule has 4 fully saturated rings. The van der Waals surface area contributed by atoms with Gasteiger partial charge in [-0.1, -0.05) is 91.3 Å². The van der Waals surface area contributed by atoms with Crippen molar-refractivity contribution >= 4 is 35.4 Å². The number of carbonyl (C=O) groups excluding carboxylic acids is 5. The maximum atomic E-state index is 14.2. The smallest absolute Gasteiger partial charge is 0.416 e. The zero-order valence-corrected chi connectivity index (χ0v) is 54.3. The largest absolute Gasteiger partial charge is 0.446 e. The highest BCUT2D eigenvalue weighted by Crippen LogP contribution is 2.48. The van der Waals surface area contributed by atoms with Gasteiger partial charge in [0.2, 0.25) is 17.7 Å². The van der Waals surface area contributed by atoms with Crippen molar-refractivity contribution in [3.05, 3.63) is 161 Å². The van der Waals surface area contributed by atoms with Gasteiger partial charge in [-0.3, -0.25) is 24.5 Å². The van der Waals surface area contributed by atoms with Gasteiger partial charge in [-0.2, -0.15) is 26.3 Å². The van der Waals surface area contributed by atoms with Gasteiger partial charge in [0.05, 0.1) is 29.5 Å². The number of anilines is 1. The molecule has 1 spiro atoms. The Balaban J connectivity index is 0.603. The SMILES string of the molecule is CN(CCN1CCC(OC(=O)Nc2ccccc2-c2ccccc2)CC1)C(=O)CCCCCN1CCCN(C(=O)CCCN(C)C(=O)CO[C@H]2Cc3ccccc3C23CCN(CC[C@@]2(c4ccc(F)cc4)CN(C(=O)c4cc(C(F)(F)F)cc(C(F)(F)F)c4)CO2)CC3)CC1. The van der Waals surface area contributed by atoms with Crippen LogP contribution in [0.1, 0.15) is 115 Å². The van der Waals surface area contributed by atoms with Crippen LogP contribution in [-0.4, -0.2) is 195 Å². The van der Waals surface area contributed by atoms with Crippen LogP contribution in [0.15, 0.2) is 121 Å². The molecule has 95 heavy (non-hydrogen) atoms. The summed E-state index contributed by atoms with van der Waals surface area (Å²) in [6.07, 6.45) is -2.60. The van der Waals surface area contributed by atoms with Gasteiger partial charge in [0.1, 0.15) is 30.9 Å². The first-order valence-corrected chi connectivity index (χ1v) is 33.3. The average Bonchev–Trinajstić information content (AvgIpc) is 1.78. The molecule has 512 valence electrons. The van der Waals surface area contributed by atoms with E-state index in [1.807, 2.05) is 83.6 Å². The lowest BCUT2D eigenvalue weighted by Crippen LogP contribution is -2.50. The maximum Gasteiger partial charge on any atom is 0.416 e. The summed E-state index contributed by atoms with van der Waals surface area (Å²) in [6, 6.07) is 32.0. The predicted octanol–water partition coefficient (Wildman–Crippen LogP) is 11.7. The maximum absolute atomic E-state index is 14.2. The number of halogens is 7. The summed E-state index contributed by atoms with van der Waals surface area (Å²) in [6.45, 7) is 8.15. The molecule has 1 N–H and O–H groups in total. The number of nitrogens with one attached hydrogen (secondary N) is 1. The molecule has 0 aromatic heterocycles. The highest BCUT2D eigenvalue weighted by molar-refractivity contribution is 5.95. The van der Waals surface area contributed by atoms with E-state index in [2.05, 4.69) is 32.1 Å². The zero-order chi connectivity index (χ0) is 67.3. The number of alkyl halides is 6. The van der Waals surface area contributed by atoms with E-state index in [-0.39, 0.29) is 55.6 Å². The second-order valence-electron chi connectivity index (χ2n) is 26.1. The normalized spacial score (nSPS) is 19.7. The van der Waals surface area contributed by atoms with E-state index in [9.17, 15) is 54.7 Å². The lowest BCUT2D eigenvalue weighted by Gasteiger charge is -2.44. The number of likely N-dealkylation sites (tertiary alicyclic amines) is 2. The molecule has 23 heteroatoms. The van der Waals surface area contributed by atoms with Crippen LogP contribution >= 0.6 is 0 Å². The molecule has 5 aromatic rings. The molecule has 5 amide bonds. The molecule has 5 aliphatic rings. The Kier molecular flexibility index (Phi) is 23.4. The highest BCUT2D eigenvalue weighted by Gasteiger charge is 2.50. The van der Waals surface area contributed by atoms with Crippen LogP contribution in [0.5, 0.6) is 0 Å². The van der Waals surface area contributed by atoms with Gasteiger partial charge in [0, 0.05) is 102 Å². The summed E-state index contributed by atoms with van der Waals surface area (Å²) in [5, 5.41) is 2.94. The van der Waals surface area contributed by atoms with Crippen molar-refractivity contribution in [2.45, 2.75) is 119 Å². The van der Waals surface area contributed by atoms with Crippen LogP contribution in [0.25, 0.3) is 11.1 Å². The highest BCUT2D eigenvalue weighted by atomic mass is 19.4. The quantitative estimate of drug-likeness (QED) is 0.0465. The second kappa shape index (κ2) is 31.6. The second-order valence-corrected chi connectivity index (χ2v) is 26.1. The molecule has 4 heterocycles. The minimum Gasteiger partial charge on any atom is -0.446 e. The Morgan fingerprint density at radius 3 is 2.03 bits per heavy atom. The van der Waals surface area contributed by atoms with E-state index < -0.39 is 64.6 Å². The van der Waals surface area contributed by atoms with Gasteiger partial charge in [0.25, 0.3) is 5.91 Å². The predicted molar refractivity (Wildman–Crippen MR) is 345 cm³/mol. The van der Waals surface area contributed by atoms with E-state index in [0.29, 0.717) is 108 Å². The van der Waals surface area contributed by atoms with Crippen LogP contribution in [0.4, 0.5) is 41.2 Å². The Bertz CT molecular complexity index is 3390. The van der Waals surface area contributed by atoms with Crippen molar-refractivity contribution in [3.63, 3.8) is 0 Å². The van der Waals surface area contributed by atoms with E-state index in [1.54, 1.807) is 11.9 Å². The van der Waals surface area contributed by atoms with Crippen molar-refractivity contribution in [1.29, 1.82) is 0 Å². The molecule has 10 rings (SSSR count). The first-order valence-electron chi connectivity index (χ1n) is 33.3. The van der Waals surface area contributed by atoms with Crippen LogP contribution in [0.3, 0.4) is 0 Å². The molecule has 16 nitrogen and oxygen atoms in total. The van der Waals surface area contributed by atoms with Gasteiger partial charge in [-0.25, -0.2) is 9.18 Å². The molecule has 0 radical (unpaired) electrons. The molecule has 5 aromatic carbocycles. The van der Waals surface area contributed by atoms with Gasteiger partial charge in [-0.05, 0) is 149 Å². The molecule has 1 aliphatic carbocycles. The minimum atomic E-state index is -5.15. The van der Waals surface area contributed by atoms with Crippen LogP contribution in [0, 0.1) is 5.82 Å². The topological polar surface area (TPSA) is 148 Å². The Hall–Kier alpha value is -7.44. The number of ether oxygens (including phenoxy) is 3. The number of fused-ring (bicyclic) bond motifs is 2. The fraction of sp³-hybridized carbons (Fsp3) is 0.514. The van der Waals surface area contributed by atoms with Crippen LogP contribution < -0.4 is 5.32 Å². The fourth-order valence-corrected chi connectivity index (χ4v) is 14.2. The lowest BCUT2D eigenvalue weighted by atomic mass is 9.72. The fourth-order valence-electron chi connectivity index (χ4n) is 14.2. The van der Waals surface area contributed by atoms with Crippen molar-refractivity contribution in [2.75, 3.05) is 124 Å². The average molecular weight is 1330 g/mol. The standard InChI is InChI=1S/C72H87F7N8O8/c1-81(32-13-22-65(89)86-35-14-34-83(43-44-86)33-12-4-7-21-64(88)82(2)41-42-84-36-27-59(28-37-84)95-68(92)80-62-20-11-9-18-60(62)52-15-5-3-6-16-52)66(90)49-93-63-47-53-17-8-10-19-61(53)69(63)29-38-85(39-30-69)40-31-70(55-23-25-58(73)26-24-55)50-87(51-94-70)67(91)54-45-56(71(74,75)76)48-57(46-54)72(77,78)79/h3,5-6,8-11,15-20,23-26,45-46,48,59,63H,4,7,12-14,21-22,27-44,47,49-51H2,1-2H3,(H,80,92)/t63-,70-/m0/s1. The summed E-state index contributed by atoms with van der Waals surface area (Å²) in [5.74, 6) is -1.58. The molecule has 0 unspecified atom stereocenters. The van der Waals surface area contributed by atoms with E-state index in [1.165, 1.54) is 29.8 Å². The number of rotatable bonds is 24. The number of carbonyl (C=O) groups is 5. The number of piperidine rings is 2. The lowest BCUT2D eigenvalue weighted by molar-refractivity contribution is -0.143. The van der Waals surface area contributed by atoms with Gasteiger partial charge in [0.15, 0.2) is 0 Å². The van der Waals surface area contributed by atoms with Crippen molar-refractivity contribution < 1.29 is 68.9 Å². The van der Waals surface area contributed by atoms with E-state index >= 15 is 0 Å². The summed E-state index contributed by atoms with van der Waals surface area (Å²) in [7, 11) is 3.59. The zero-order valence-electron chi connectivity index (χ0n) is 54.3. The van der Waals surface area contributed by atoms with Gasteiger partial charge >= 0.3 is 18.4 Å². The molecule has 0 bridgehead atoms. The van der Waals surface area contributed by atoms with E-state index in [4.69, 9.17) is 14.2 Å². The number of benzene rings is 5. The van der Waals surface area contributed by atoms with Gasteiger partial charge < -0.3 is 48.5 Å². The van der Waals surface area contributed by atoms with Crippen LogP contribution in [0.2, 0.25) is 0 Å². The third-order valence-electron chi connectivity index (χ3n) is 19.8. The monoisotopic (exact) mass is 1320 g/mol. The minimum absolute atomic E-state index is 0.0259. The summed E-state index contributed by atoms with van der Waals surface area (Å²) in [5.41, 5.74) is -0.196. The molecule has 4 saturated heterocycles. The Morgan fingerprint density at radius 2 is 1.31 bits per heavy atom. The van der Waals surface area contributed by atoms with E-state index in [0.717, 1.165) is 99.4 Å². The molecule has 4 aliphatic heterocycles. The van der Waals surface area contributed by atoms with Crippen molar-refractivity contribution in [2.24, 2.45) is 0 Å². The summed E-state index contributed by atoms with van der Waals surface area (Å²) >= 11 is 0. The van der Waals surface area contributed by atoms with Crippen LogP contribution in [-0.2, 0) is 58.4 Å². The third kappa shape index (κ3) is 18.2. The number of unbranched alkanes of at least 4 members (excludes halogenated alkanes) is 2. The molecule has 0 saturated carbocycles. The molecular weight excluding hydrogens is 1240 g/mol. The van der Waals surface area contributed by atoms with Crippen molar-refractivity contribution in [1.82, 2.24) is 34.3 Å². The molecular formula is C72H87F7N8O8. The number of hydrogen-bond donors (Lipinski definition) is 1. The Morgan fingerprint density at radius 1 is 0.642 bits per heavy atom. The number of para-hydroxylation sites is 1. The number of nitrogens with zero attached hydrogens (tertiary/aromatic N) is 7. The first-order chi connectivity index (χ1) is 45.6. The third-order valence-corrected chi connectivity index (χ3v) is 19.8. The first kappa shape index (κ1) is 70.4. The van der Waals surface area contributed by atoms with Gasteiger partial charge in [-0.15, -0.1) is 0 Å². The number of amides is 5. The van der Waals surface area contributed by atoms with Crippen molar-refractivity contribution in [3.8, 4) is 11.1 Å². The Labute approximate surface area is 551 Å². The number of hydrogen-bond acceptors (Lipinski definition) is 11. The summed E-state index contributed by atoms with van der Waals surface area (Å²) in [4.78, 5) is 80.3. The summed E-state index contributed by atoms with van der Waals surface area (Å²) < 4.78 is 116. The number of likely N-dealkylation sites (N-methyl/N-ethyl adjacent to an activating group) is 2. The molecule has 2 atom stereocenters.